The fourth-order valence-electron chi connectivity index (χ4n) is 0. The predicted molar refractivity (Wildman–Crippen MR) is 67.0 cm³/mol. The smallest absolute Gasteiger partial charge is 0.477 e. The van der Waals surface area contributed by atoms with Gasteiger partial charge in [-0.2, -0.15) is 35.1 Å². The number of alkyl halides is 8. The summed E-state index contributed by atoms with van der Waals surface area (Å²) in [4.78, 5) is 35.8. The Morgan fingerprint density at radius 3 is 0.500 bits per heavy atom. The lowest BCUT2D eigenvalue weighted by Crippen LogP contribution is -2.07. The number of hydrogen-bond acceptors (Lipinski definition) is 7. The third kappa shape index (κ3) is 65.5. The quantitative estimate of drug-likeness (QED) is 0.212. The minimum absolute atomic E-state index is 2.07. The van der Waals surface area contributed by atoms with Gasteiger partial charge in [-0.1, -0.05) is 0 Å². The lowest BCUT2D eigenvalue weighted by Gasteiger charge is -1.81. The second-order valence-electron chi connectivity index (χ2n) is 2.90. The zero-order chi connectivity index (χ0) is 24.2. The van der Waals surface area contributed by atoms with Crippen molar-refractivity contribution in [3.63, 3.8) is 0 Å². The molecule has 0 bridgehead atoms. The van der Waals surface area contributed by atoms with E-state index in [2.05, 4.69) is 0 Å². The van der Waals surface area contributed by atoms with E-state index >= 15 is 0 Å². The molecule has 0 fully saturated rings. The van der Waals surface area contributed by atoms with Gasteiger partial charge in [0, 0.05) is 0 Å². The van der Waals surface area contributed by atoms with Crippen molar-refractivity contribution < 1.29 is 89.8 Å². The highest BCUT2D eigenvalue weighted by atomic mass is 19.3. The molecule has 0 heterocycles. The molecule has 0 aliphatic heterocycles. The van der Waals surface area contributed by atoms with Gasteiger partial charge < -0.3 is 35.5 Å². The summed E-state index contributed by atoms with van der Waals surface area (Å²) in [5, 5.41) is 50.5. The molecule has 0 aliphatic carbocycles. The molecular formula is C8H11BF8O11. The highest BCUT2D eigenvalue weighted by molar-refractivity contribution is 6.30. The first-order chi connectivity index (χ1) is 12.3. The molecule has 20 heteroatoms. The van der Waals surface area contributed by atoms with Crippen LogP contribution in [-0.2, 0) is 19.2 Å². The van der Waals surface area contributed by atoms with E-state index in [1.54, 1.807) is 0 Å². The van der Waals surface area contributed by atoms with E-state index in [0.29, 0.717) is 0 Å². The summed E-state index contributed by atoms with van der Waals surface area (Å²) in [6.45, 7) is 0. The zero-order valence-corrected chi connectivity index (χ0v) is 12.7. The fraction of sp³-hybridized carbons (Fsp3) is 0.500. The first-order valence-electron chi connectivity index (χ1n) is 5.39. The van der Waals surface area contributed by atoms with Crippen molar-refractivity contribution in [2.45, 2.75) is 25.7 Å². The number of rotatable bonds is 4. The SMILES string of the molecule is O=C(O)C(F)F.O=C(O)C(F)F.O=C(O)C(F)F.O=C(O)C(F)F.OB(O)O. The maximum Gasteiger partial charge on any atom is 0.631 e. The molecule has 11 nitrogen and oxygen atoms in total. The van der Waals surface area contributed by atoms with Crippen molar-refractivity contribution in [2.75, 3.05) is 0 Å². The number of hydrogen-bond donors (Lipinski definition) is 7. The van der Waals surface area contributed by atoms with Crippen molar-refractivity contribution in [1.82, 2.24) is 0 Å². The van der Waals surface area contributed by atoms with Gasteiger partial charge in [-0.3, -0.25) is 0 Å². The minimum Gasteiger partial charge on any atom is -0.477 e. The average Bonchev–Trinajstić information content (AvgIpc) is 2.47. The molecule has 0 aromatic carbocycles. The van der Waals surface area contributed by atoms with Crippen LogP contribution in [0.25, 0.3) is 0 Å². The molecule has 28 heavy (non-hydrogen) atoms. The molecule has 0 amide bonds. The number of carbonyl (C=O) groups is 4. The zero-order valence-electron chi connectivity index (χ0n) is 12.7. The maximum atomic E-state index is 10.6. The maximum absolute atomic E-state index is 10.6. The lowest BCUT2D eigenvalue weighted by atomic mass is 10.3. The third-order valence-corrected chi connectivity index (χ3v) is 0.747. The number of carboxylic acid groups (broad SMARTS) is 4. The molecule has 0 radical (unpaired) electrons. The molecule has 0 unspecified atom stereocenters. The number of halogens is 8. The monoisotopic (exact) mass is 446 g/mol. The first kappa shape index (κ1) is 36.2. The van der Waals surface area contributed by atoms with Crippen molar-refractivity contribution >= 4 is 31.2 Å². The van der Waals surface area contributed by atoms with Gasteiger partial charge in [0.1, 0.15) is 0 Å². The van der Waals surface area contributed by atoms with Crippen LogP contribution in [-0.4, -0.2) is 92.4 Å². The molecule has 168 valence electrons. The Balaban J connectivity index is -0.0000000793. The number of aliphatic carboxylic acids is 4. The highest BCUT2D eigenvalue weighted by Crippen LogP contribution is 1.89. The molecule has 0 aromatic rings. The van der Waals surface area contributed by atoms with Crippen LogP contribution in [0.3, 0.4) is 0 Å². The molecule has 0 spiro atoms. The highest BCUT2D eigenvalue weighted by Gasteiger charge is 2.11. The van der Waals surface area contributed by atoms with E-state index in [-0.39, 0.29) is 0 Å². The van der Waals surface area contributed by atoms with Crippen LogP contribution in [0.5, 0.6) is 0 Å². The Hall–Kier alpha value is -2.74. The van der Waals surface area contributed by atoms with E-state index in [0.717, 1.165) is 0 Å². The Kier molecular flexibility index (Phi) is 28.9. The second-order valence-corrected chi connectivity index (χ2v) is 2.90. The van der Waals surface area contributed by atoms with Crippen LogP contribution >= 0.6 is 0 Å². The number of carboxylic acids is 4. The Bertz CT molecular complexity index is 360. The van der Waals surface area contributed by atoms with E-state index in [4.69, 9.17) is 54.7 Å². The average molecular weight is 446 g/mol. The first-order valence-corrected chi connectivity index (χ1v) is 5.39. The molecular weight excluding hydrogens is 435 g/mol. The van der Waals surface area contributed by atoms with Crippen molar-refractivity contribution in [2.24, 2.45) is 0 Å². The Morgan fingerprint density at radius 2 is 0.500 bits per heavy atom. The van der Waals surface area contributed by atoms with Crippen molar-refractivity contribution in [1.29, 1.82) is 0 Å². The van der Waals surface area contributed by atoms with Gasteiger partial charge in [0.2, 0.25) is 0 Å². The Morgan fingerprint density at radius 1 is 0.464 bits per heavy atom. The summed E-state index contributed by atoms with van der Waals surface area (Å²) in [6, 6.07) is 0. The fourth-order valence-corrected chi connectivity index (χ4v) is 0. The summed E-state index contributed by atoms with van der Waals surface area (Å²) in [7, 11) is -2.17. The van der Waals surface area contributed by atoms with Crippen LogP contribution < -0.4 is 0 Å². The molecule has 0 atom stereocenters. The van der Waals surface area contributed by atoms with E-state index < -0.39 is 56.9 Å². The normalized spacial score (nSPS) is 8.82. The summed E-state index contributed by atoms with van der Waals surface area (Å²) in [6.07, 6.45) is -12.9. The Labute approximate surface area is 148 Å². The predicted octanol–water partition coefficient (Wildman–Crippen LogP) is -0.707. The van der Waals surface area contributed by atoms with E-state index in [9.17, 15) is 35.1 Å². The van der Waals surface area contributed by atoms with E-state index in [1.165, 1.54) is 0 Å². The summed E-state index contributed by atoms with van der Waals surface area (Å²) in [5.41, 5.74) is 0. The molecule has 0 rings (SSSR count). The van der Waals surface area contributed by atoms with Crippen LogP contribution in [0, 0.1) is 0 Å². The van der Waals surface area contributed by atoms with Crippen LogP contribution in [0.15, 0.2) is 0 Å². The molecule has 0 saturated heterocycles. The molecule has 0 saturated carbocycles. The summed E-state index contributed by atoms with van der Waals surface area (Å²) in [5.74, 6) is -8.30. The van der Waals surface area contributed by atoms with E-state index in [1.807, 2.05) is 0 Å². The van der Waals surface area contributed by atoms with Crippen LogP contribution in [0.4, 0.5) is 35.1 Å². The summed E-state index contributed by atoms with van der Waals surface area (Å²) < 4.78 is 84.5. The van der Waals surface area contributed by atoms with Crippen molar-refractivity contribution in [3.05, 3.63) is 0 Å². The second kappa shape index (κ2) is 22.3. The molecule has 7 N–H and O–H groups in total. The van der Waals surface area contributed by atoms with Gasteiger partial charge in [0.05, 0.1) is 0 Å². The topological polar surface area (TPSA) is 210 Å². The van der Waals surface area contributed by atoms with Gasteiger partial charge in [-0.05, 0) is 0 Å². The van der Waals surface area contributed by atoms with Crippen LogP contribution in [0.2, 0.25) is 0 Å². The standard InChI is InChI=1S/4C2H2F2O2.BH3O3/c4*3-1(4)2(5)6;2-1(3)4/h4*1H,(H,5,6);2-4H. The van der Waals surface area contributed by atoms with Gasteiger partial charge in [-0.25, -0.2) is 19.2 Å². The third-order valence-electron chi connectivity index (χ3n) is 0.747. The lowest BCUT2D eigenvalue weighted by molar-refractivity contribution is -0.150. The largest absolute Gasteiger partial charge is 0.631 e. The molecule has 0 aliphatic rings. The van der Waals surface area contributed by atoms with Gasteiger partial charge >= 0.3 is 56.9 Å². The summed E-state index contributed by atoms with van der Waals surface area (Å²) >= 11 is 0. The van der Waals surface area contributed by atoms with Gasteiger partial charge in [0.15, 0.2) is 0 Å². The molecule has 0 aromatic heterocycles. The van der Waals surface area contributed by atoms with Gasteiger partial charge in [0.25, 0.3) is 0 Å². The van der Waals surface area contributed by atoms with Crippen molar-refractivity contribution in [3.8, 4) is 0 Å². The van der Waals surface area contributed by atoms with Crippen LogP contribution in [0.1, 0.15) is 0 Å². The minimum atomic E-state index is -3.23. The van der Waals surface area contributed by atoms with Gasteiger partial charge in [-0.15, -0.1) is 0 Å².